The predicted octanol–water partition coefficient (Wildman–Crippen LogP) is 3.60. The predicted molar refractivity (Wildman–Crippen MR) is 101 cm³/mol. The minimum absolute atomic E-state index is 0.636. The molecule has 3 heterocycles. The van der Waals surface area contributed by atoms with Crippen LogP contribution in [-0.4, -0.2) is 48.6 Å². The van der Waals surface area contributed by atoms with Crippen LogP contribution in [0.4, 0.5) is 10.7 Å². The summed E-state index contributed by atoms with van der Waals surface area (Å²) in [7, 11) is 1.64. The first-order chi connectivity index (χ1) is 12.8. The monoisotopic (exact) mass is 367 g/mol. The number of thiophene rings is 1. The molecule has 1 N–H and O–H groups in total. The van der Waals surface area contributed by atoms with E-state index in [4.69, 9.17) is 16.0 Å². The number of hydrogen-bond acceptors (Lipinski definition) is 6. The molecule has 4 rings (SSSR count). The molecular weight excluding hydrogens is 350 g/mol. The second-order valence-electron chi connectivity index (χ2n) is 5.74. The molecule has 1 fully saturated rings. The van der Waals surface area contributed by atoms with Crippen molar-refractivity contribution in [1.29, 1.82) is 0 Å². The van der Waals surface area contributed by atoms with Gasteiger partial charge in [0.15, 0.2) is 5.82 Å². The number of hydrogen-bond donors (Lipinski definition) is 1. The lowest BCUT2D eigenvalue weighted by Crippen LogP contribution is -2.35. The number of aromatic amines is 1. The summed E-state index contributed by atoms with van der Waals surface area (Å²) in [6.45, 7) is 10.7. The Labute approximate surface area is 155 Å². The van der Waals surface area contributed by atoms with Gasteiger partial charge in [-0.3, -0.25) is 0 Å². The SMILES string of the molecule is [C-]#[N+]c1c(N2CCOCC2)sc(-c2nnc[nH]2)c1-c1cccc(OC)c1. The van der Waals surface area contributed by atoms with Crippen molar-refractivity contribution in [2.45, 2.75) is 0 Å². The first-order valence-corrected chi connectivity index (χ1v) is 9.01. The van der Waals surface area contributed by atoms with Gasteiger partial charge in [0.25, 0.3) is 0 Å². The molecule has 1 aromatic carbocycles. The summed E-state index contributed by atoms with van der Waals surface area (Å²) in [6.07, 6.45) is 1.55. The van der Waals surface area contributed by atoms with E-state index >= 15 is 0 Å². The first kappa shape index (κ1) is 16.6. The zero-order valence-electron chi connectivity index (χ0n) is 14.2. The molecule has 132 valence electrons. The Hall–Kier alpha value is -2.89. The van der Waals surface area contributed by atoms with E-state index in [9.17, 15) is 0 Å². The second-order valence-corrected chi connectivity index (χ2v) is 6.74. The van der Waals surface area contributed by atoms with Gasteiger partial charge in [-0.15, -0.1) is 21.5 Å². The average molecular weight is 367 g/mol. The van der Waals surface area contributed by atoms with Crippen molar-refractivity contribution in [2.24, 2.45) is 0 Å². The normalized spacial score (nSPS) is 14.2. The van der Waals surface area contributed by atoms with Gasteiger partial charge in [-0.25, -0.2) is 4.85 Å². The van der Waals surface area contributed by atoms with E-state index in [1.54, 1.807) is 24.8 Å². The maximum atomic E-state index is 7.83. The summed E-state index contributed by atoms with van der Waals surface area (Å²) in [5.41, 5.74) is 2.43. The fourth-order valence-corrected chi connectivity index (χ4v) is 4.29. The van der Waals surface area contributed by atoms with Gasteiger partial charge >= 0.3 is 0 Å². The Morgan fingerprint density at radius 1 is 1.35 bits per heavy atom. The molecule has 7 nitrogen and oxygen atoms in total. The summed E-state index contributed by atoms with van der Waals surface area (Å²) in [4.78, 5) is 10.1. The Morgan fingerprint density at radius 3 is 2.88 bits per heavy atom. The minimum atomic E-state index is 0.636. The van der Waals surface area contributed by atoms with Crippen molar-refractivity contribution in [3.63, 3.8) is 0 Å². The Kier molecular flexibility index (Phi) is 4.56. The molecule has 8 heteroatoms. The van der Waals surface area contributed by atoms with Gasteiger partial charge in [-0.05, 0) is 17.7 Å². The number of nitrogens with one attached hydrogen (secondary N) is 1. The van der Waals surface area contributed by atoms with Gasteiger partial charge in [0.2, 0.25) is 5.69 Å². The molecule has 0 atom stereocenters. The van der Waals surface area contributed by atoms with Crippen LogP contribution in [0.3, 0.4) is 0 Å². The van der Waals surface area contributed by atoms with Crippen LogP contribution < -0.4 is 9.64 Å². The molecular formula is C18H17N5O2S. The summed E-state index contributed by atoms with van der Waals surface area (Å²) in [6, 6.07) is 7.75. The summed E-state index contributed by atoms with van der Waals surface area (Å²) in [5, 5.41) is 9.04. The standard InChI is InChI=1S/C18H17N5O2S/c1-19-15-14(12-4-3-5-13(10-12)24-2)16(17-20-11-21-22-17)26-18(15)23-6-8-25-9-7-23/h3-5,10-11H,6-9H2,2H3,(H,20,21,22). The summed E-state index contributed by atoms with van der Waals surface area (Å²) in [5.74, 6) is 1.42. The number of anilines is 1. The van der Waals surface area contributed by atoms with Gasteiger partial charge < -0.3 is 19.4 Å². The fourth-order valence-electron chi connectivity index (χ4n) is 3.02. The third-order valence-corrected chi connectivity index (χ3v) is 5.51. The van der Waals surface area contributed by atoms with Crippen LogP contribution in [0.2, 0.25) is 0 Å². The van der Waals surface area contributed by atoms with E-state index in [0.29, 0.717) is 24.7 Å². The highest BCUT2D eigenvalue weighted by atomic mass is 32.1. The van der Waals surface area contributed by atoms with E-state index in [0.717, 1.165) is 39.8 Å². The number of morpholine rings is 1. The van der Waals surface area contributed by atoms with E-state index in [-0.39, 0.29) is 0 Å². The highest BCUT2D eigenvalue weighted by Gasteiger charge is 2.26. The average Bonchev–Trinajstić information content (AvgIpc) is 3.36. The van der Waals surface area contributed by atoms with Crippen molar-refractivity contribution in [3.05, 3.63) is 42.0 Å². The summed E-state index contributed by atoms with van der Waals surface area (Å²) < 4.78 is 10.8. The van der Waals surface area contributed by atoms with Crippen LogP contribution in [0.5, 0.6) is 5.75 Å². The fraction of sp³-hybridized carbons (Fsp3) is 0.278. The second kappa shape index (κ2) is 7.15. The maximum absolute atomic E-state index is 7.83. The van der Waals surface area contributed by atoms with Gasteiger partial charge in [0, 0.05) is 18.7 Å². The van der Waals surface area contributed by atoms with E-state index in [1.807, 2.05) is 24.3 Å². The molecule has 26 heavy (non-hydrogen) atoms. The molecule has 0 saturated carbocycles. The van der Waals surface area contributed by atoms with Crippen molar-refractivity contribution >= 4 is 22.0 Å². The van der Waals surface area contributed by atoms with Gasteiger partial charge in [-0.1, -0.05) is 12.1 Å². The number of aromatic nitrogens is 3. The number of benzene rings is 1. The van der Waals surface area contributed by atoms with Crippen LogP contribution in [-0.2, 0) is 4.74 Å². The lowest BCUT2D eigenvalue weighted by molar-refractivity contribution is 0.123. The van der Waals surface area contributed by atoms with Gasteiger partial charge in [0.1, 0.15) is 12.1 Å². The zero-order chi connectivity index (χ0) is 17.9. The third-order valence-electron chi connectivity index (χ3n) is 4.27. The largest absolute Gasteiger partial charge is 0.497 e. The van der Waals surface area contributed by atoms with Crippen molar-refractivity contribution in [1.82, 2.24) is 15.2 Å². The summed E-state index contributed by atoms with van der Waals surface area (Å²) >= 11 is 1.57. The lowest BCUT2D eigenvalue weighted by Gasteiger charge is -2.28. The number of rotatable bonds is 4. The Morgan fingerprint density at radius 2 is 2.19 bits per heavy atom. The number of nitrogens with zero attached hydrogens (tertiary/aromatic N) is 4. The minimum Gasteiger partial charge on any atom is -0.497 e. The Balaban J connectivity index is 1.92. The van der Waals surface area contributed by atoms with Crippen molar-refractivity contribution in [2.75, 3.05) is 38.3 Å². The van der Waals surface area contributed by atoms with Gasteiger partial charge in [-0.2, -0.15) is 0 Å². The lowest BCUT2D eigenvalue weighted by atomic mass is 10.0. The van der Waals surface area contributed by atoms with Gasteiger partial charge in [0.05, 0.1) is 36.8 Å². The van der Waals surface area contributed by atoms with Crippen LogP contribution in [0, 0.1) is 6.57 Å². The molecule has 0 radical (unpaired) electrons. The van der Waals surface area contributed by atoms with Crippen molar-refractivity contribution < 1.29 is 9.47 Å². The zero-order valence-corrected chi connectivity index (χ0v) is 15.0. The molecule has 0 spiro atoms. The highest BCUT2D eigenvalue weighted by Crippen LogP contribution is 2.52. The number of methoxy groups -OCH3 is 1. The first-order valence-electron chi connectivity index (χ1n) is 8.19. The molecule has 1 aliphatic heterocycles. The smallest absolute Gasteiger partial charge is 0.228 e. The highest BCUT2D eigenvalue weighted by molar-refractivity contribution is 7.20. The molecule has 0 aliphatic carbocycles. The molecule has 1 aliphatic rings. The number of H-pyrrole nitrogens is 1. The number of ether oxygens (including phenoxy) is 2. The third kappa shape index (κ3) is 2.92. The quantitative estimate of drug-likeness (QED) is 0.714. The van der Waals surface area contributed by atoms with Crippen LogP contribution in [0.1, 0.15) is 0 Å². The van der Waals surface area contributed by atoms with E-state index in [2.05, 4.69) is 24.9 Å². The molecule has 2 aromatic heterocycles. The maximum Gasteiger partial charge on any atom is 0.228 e. The molecule has 3 aromatic rings. The van der Waals surface area contributed by atoms with Crippen LogP contribution in [0.25, 0.3) is 26.7 Å². The van der Waals surface area contributed by atoms with E-state index in [1.165, 1.54) is 0 Å². The molecule has 0 amide bonds. The van der Waals surface area contributed by atoms with Crippen LogP contribution in [0.15, 0.2) is 30.6 Å². The van der Waals surface area contributed by atoms with Crippen molar-refractivity contribution in [3.8, 4) is 27.6 Å². The Bertz CT molecular complexity index is 939. The molecule has 0 unspecified atom stereocenters. The van der Waals surface area contributed by atoms with E-state index < -0.39 is 0 Å². The van der Waals surface area contributed by atoms with Crippen LogP contribution >= 0.6 is 11.3 Å². The molecule has 1 saturated heterocycles. The molecule has 0 bridgehead atoms. The topological polar surface area (TPSA) is 67.6 Å².